The average Bonchev–Trinajstić information content (AvgIpc) is 3.05. The van der Waals surface area contributed by atoms with E-state index >= 15 is 0 Å². The van der Waals surface area contributed by atoms with Crippen LogP contribution in [0.4, 0.5) is 17.7 Å². The molecule has 0 heterocycles. The topological polar surface area (TPSA) is 0 Å². The Morgan fingerprint density at radius 3 is 0.704 bits per heavy atom. The molecule has 0 amide bonds. The van der Waals surface area contributed by atoms with Gasteiger partial charge in [-0.25, -0.2) is 0 Å². The van der Waals surface area contributed by atoms with Gasteiger partial charge in [-0.3, -0.25) is 0 Å². The Kier molecular flexibility index (Phi) is 21.7. The molecule has 0 nitrogen and oxygen atoms in total. The summed E-state index contributed by atoms with van der Waals surface area (Å²) in [6.07, 6.45) is 0. The Labute approximate surface area is 348 Å². The predicted molar refractivity (Wildman–Crippen MR) is 229 cm³/mol. The zero-order chi connectivity index (χ0) is 42.0. The van der Waals surface area contributed by atoms with E-state index in [1.165, 1.54) is 43.2 Å². The Morgan fingerprint density at radius 2 is 0.556 bits per heavy atom. The van der Waals surface area contributed by atoms with Crippen molar-refractivity contribution in [1.29, 1.82) is 0 Å². The summed E-state index contributed by atoms with van der Waals surface area (Å²) in [5.74, 6) is 3.21. The van der Waals surface area contributed by atoms with Gasteiger partial charge in [-0.15, -0.1) is 11.7 Å². The van der Waals surface area contributed by atoms with Crippen molar-refractivity contribution >= 4 is 32.8 Å². The van der Waals surface area contributed by atoms with E-state index in [9.17, 15) is 17.7 Å². The van der Waals surface area contributed by atoms with E-state index in [2.05, 4.69) is 107 Å². The molecule has 313 valence electrons. The standard InChI is InChI=1S/C30H46S2.C15H23F3S.Ag.2FH/c1-17(2)23-13-25(19(5)6)29(26(14-23)20(7)8)31-32-30-27(21(9)10)15-24(18(3)4)16-28(30)22(11)12;1-9(2)12-7-13(10(3)4)15(19(16,17)18)14(8-12)11(5)6;;;/h13-22H,1-12H3;7-11H,1-6H3;;2*1H/q;;+2;;/p-2. The molecule has 0 aromatic heterocycles. The molecule has 0 saturated heterocycles. The molecule has 0 bridgehead atoms. The van der Waals surface area contributed by atoms with E-state index in [1.54, 1.807) is 12.1 Å². The fraction of sp³-hybridized carbons (Fsp3) is 0.600. The Hall–Kier alpha value is -0.900. The van der Waals surface area contributed by atoms with Crippen LogP contribution in [0.15, 0.2) is 51.1 Å². The molecule has 0 fully saturated rings. The monoisotopic (exact) mass is 907 g/mol. The van der Waals surface area contributed by atoms with Crippen molar-refractivity contribution in [2.24, 2.45) is 0 Å². The molecule has 0 spiro atoms. The summed E-state index contributed by atoms with van der Waals surface area (Å²) >= 11 is -7.13. The van der Waals surface area contributed by atoms with Crippen LogP contribution in [0.5, 0.6) is 0 Å². The van der Waals surface area contributed by atoms with Crippen molar-refractivity contribution in [3.05, 3.63) is 86.5 Å². The zero-order valence-corrected chi connectivity index (χ0v) is 40.0. The summed E-state index contributed by atoms with van der Waals surface area (Å²) in [6, 6.07) is 13.4. The van der Waals surface area contributed by atoms with Crippen LogP contribution in [-0.2, 0) is 20.8 Å². The van der Waals surface area contributed by atoms with Gasteiger partial charge in [0.2, 0.25) is 11.2 Å². The van der Waals surface area contributed by atoms with Gasteiger partial charge in [-0.05, 0) is 103 Å². The van der Waals surface area contributed by atoms with Crippen LogP contribution in [0.25, 0.3) is 0 Å². The van der Waals surface area contributed by atoms with Gasteiger partial charge in [0.1, 0.15) is 0 Å². The van der Waals surface area contributed by atoms with Crippen LogP contribution < -0.4 is 0 Å². The van der Waals surface area contributed by atoms with Crippen LogP contribution in [0, 0.1) is 0 Å². The first-order valence-corrected chi connectivity index (χ1v) is 24.0. The third kappa shape index (κ3) is 14.5. The van der Waals surface area contributed by atoms with Crippen LogP contribution in [0.2, 0.25) is 0 Å². The summed E-state index contributed by atoms with van der Waals surface area (Å²) in [6.45, 7) is 39.3. The Balaban J connectivity index is 0.000000562. The molecular formula is C45H69AgF5S3. The second-order valence-corrected chi connectivity index (χ2v) is 20.7. The van der Waals surface area contributed by atoms with E-state index in [4.69, 9.17) is 0 Å². The molecule has 0 radical (unpaired) electrons. The predicted octanol–water partition coefficient (Wildman–Crippen LogP) is 18.9. The van der Waals surface area contributed by atoms with Gasteiger partial charge in [0.15, 0.2) is 0 Å². The quantitative estimate of drug-likeness (QED) is 0.0952. The molecule has 54 heavy (non-hydrogen) atoms. The molecule has 3 aromatic rings. The van der Waals surface area contributed by atoms with Gasteiger partial charge in [-0.1, -0.05) is 183 Å². The number of rotatable bonds is 13. The second-order valence-electron chi connectivity index (χ2n) is 17.1. The molecule has 0 aliphatic carbocycles. The first-order chi connectivity index (χ1) is 24.8. The van der Waals surface area contributed by atoms with E-state index in [0.717, 1.165) is 5.56 Å². The fourth-order valence-corrected chi connectivity index (χ4v) is 10.7. The molecule has 0 N–H and O–H groups in total. The van der Waals surface area contributed by atoms with Gasteiger partial charge in [-0.2, -0.15) is 0 Å². The van der Waals surface area contributed by atoms with E-state index in [0.29, 0.717) is 46.6 Å². The van der Waals surface area contributed by atoms with Crippen molar-refractivity contribution in [3.8, 4) is 0 Å². The van der Waals surface area contributed by atoms with Gasteiger partial charge in [0, 0.05) is 9.79 Å². The zero-order valence-electron chi connectivity index (χ0n) is 36.1. The van der Waals surface area contributed by atoms with E-state index in [1.807, 2.05) is 63.1 Å². The number of hydrogen-bond donors (Lipinski definition) is 0. The molecule has 0 aliphatic rings. The molecular weight excluding hydrogens is 840 g/mol. The third-order valence-corrected chi connectivity index (χ3v) is 13.2. The summed E-state index contributed by atoms with van der Waals surface area (Å²) < 4.78 is 59.6. The van der Waals surface area contributed by atoms with Crippen molar-refractivity contribution in [1.82, 2.24) is 0 Å². The molecule has 0 saturated carbocycles. The first-order valence-electron chi connectivity index (χ1n) is 19.4. The molecule has 0 unspecified atom stereocenters. The summed E-state index contributed by atoms with van der Waals surface area (Å²) in [5, 5.41) is 0. The van der Waals surface area contributed by atoms with Crippen LogP contribution in [0.3, 0.4) is 0 Å². The molecule has 3 rings (SSSR count). The maximum atomic E-state index is 13.4. The SMILES string of the molecule is CC(C)c1cc(C(C)C)c(S(F)(F)F)c(C(C)C)c1.CC(C)c1cc(C(C)C)c(SSc2c(C(C)C)cc(C(C)C)cc2C(C)C)c(C(C)C)c1.[F][Ag][F]. The fourth-order valence-electron chi connectivity index (χ4n) is 6.21. The number of halogens is 5. The maximum absolute atomic E-state index is 13.4. The Morgan fingerprint density at radius 1 is 0.370 bits per heavy atom. The number of benzene rings is 3. The van der Waals surface area contributed by atoms with Gasteiger partial charge in [0.25, 0.3) is 0 Å². The minimum absolute atomic E-state index is 0.111. The summed E-state index contributed by atoms with van der Waals surface area (Å²) in [7, 11) is 4.00. The third-order valence-electron chi connectivity index (χ3n) is 9.68. The summed E-state index contributed by atoms with van der Waals surface area (Å²) in [5.41, 5.74) is 10.9. The molecule has 3 aromatic carbocycles. The van der Waals surface area contributed by atoms with Gasteiger partial charge >= 0.3 is 26.9 Å². The van der Waals surface area contributed by atoms with Crippen molar-refractivity contribution < 1.29 is 38.6 Å². The molecule has 0 aliphatic heterocycles. The Bertz CT molecular complexity index is 1440. The minimum atomic E-state index is -5.20. The molecule has 0 atom stereocenters. The van der Waals surface area contributed by atoms with Crippen LogP contribution in [0.1, 0.15) is 228 Å². The second kappa shape index (κ2) is 22.9. The first kappa shape index (κ1) is 51.1. The van der Waals surface area contributed by atoms with Crippen LogP contribution >= 0.6 is 32.8 Å². The van der Waals surface area contributed by atoms with Crippen molar-refractivity contribution in [2.45, 2.75) is 193 Å². The normalized spacial score (nSPS) is 12.6. The van der Waals surface area contributed by atoms with Crippen molar-refractivity contribution in [2.75, 3.05) is 0 Å². The summed E-state index contributed by atoms with van der Waals surface area (Å²) in [4.78, 5) is 2.63. The van der Waals surface area contributed by atoms with E-state index < -0.39 is 32.0 Å². The average molecular weight is 909 g/mol. The molecule has 9 heteroatoms. The van der Waals surface area contributed by atoms with E-state index in [-0.39, 0.29) is 22.6 Å². The van der Waals surface area contributed by atoms with Gasteiger partial charge < -0.3 is 0 Å². The number of hydrogen-bond acceptors (Lipinski definition) is 2. The van der Waals surface area contributed by atoms with Crippen molar-refractivity contribution in [3.63, 3.8) is 0 Å². The van der Waals surface area contributed by atoms with Gasteiger partial charge in [0.05, 0.1) is 4.90 Å². The van der Waals surface area contributed by atoms with Crippen LogP contribution in [-0.4, -0.2) is 0 Å².